The third-order valence-corrected chi connectivity index (χ3v) is 4.65. The number of nitrogens with zero attached hydrogens (tertiary/aromatic N) is 2. The van der Waals surface area contributed by atoms with Crippen molar-refractivity contribution in [3.63, 3.8) is 0 Å². The van der Waals surface area contributed by atoms with Gasteiger partial charge in [0.1, 0.15) is 0 Å². The van der Waals surface area contributed by atoms with Crippen LogP contribution in [0.15, 0.2) is 59.5 Å². The molecule has 27 heavy (non-hydrogen) atoms. The highest BCUT2D eigenvalue weighted by atomic mass is 32.2. The molecule has 0 unspecified atom stereocenters. The van der Waals surface area contributed by atoms with Crippen LogP contribution in [0.25, 0.3) is 10.9 Å². The van der Waals surface area contributed by atoms with E-state index >= 15 is 0 Å². The van der Waals surface area contributed by atoms with Gasteiger partial charge in [-0.2, -0.15) is 0 Å². The van der Waals surface area contributed by atoms with Crippen LogP contribution in [0.2, 0.25) is 0 Å². The van der Waals surface area contributed by atoms with E-state index in [1.54, 1.807) is 0 Å². The average molecular weight is 382 g/mol. The first-order chi connectivity index (χ1) is 13.0. The van der Waals surface area contributed by atoms with E-state index in [1.807, 2.05) is 50.5 Å². The van der Waals surface area contributed by atoms with E-state index in [9.17, 15) is 4.79 Å². The maximum Gasteiger partial charge on any atom is 0.411 e. The van der Waals surface area contributed by atoms with Crippen LogP contribution in [-0.2, 0) is 11.3 Å². The van der Waals surface area contributed by atoms with E-state index in [0.29, 0.717) is 5.69 Å². The molecule has 0 spiro atoms. The number of rotatable bonds is 6. The van der Waals surface area contributed by atoms with Gasteiger partial charge in [-0.05, 0) is 62.4 Å². The van der Waals surface area contributed by atoms with Gasteiger partial charge in [0, 0.05) is 22.5 Å². The van der Waals surface area contributed by atoms with Gasteiger partial charge < -0.3 is 14.4 Å². The van der Waals surface area contributed by atoms with Crippen molar-refractivity contribution in [2.45, 2.75) is 11.4 Å². The van der Waals surface area contributed by atoms with Crippen LogP contribution < -0.4 is 10.0 Å². The Morgan fingerprint density at radius 3 is 2.59 bits per heavy atom. The van der Waals surface area contributed by atoms with Gasteiger partial charge >= 0.3 is 6.09 Å². The Morgan fingerprint density at radius 2 is 1.89 bits per heavy atom. The Labute approximate surface area is 163 Å². The van der Waals surface area contributed by atoms with Crippen molar-refractivity contribution in [2.75, 3.05) is 31.2 Å². The number of hydrogen-bond donors (Lipinski definition) is 2. The Hall–Kier alpha value is -2.77. The summed E-state index contributed by atoms with van der Waals surface area (Å²) in [5.74, 6) is 0. The zero-order chi connectivity index (χ0) is 19.2. The number of anilines is 2. The highest BCUT2D eigenvalue weighted by molar-refractivity contribution is 8.00. The highest BCUT2D eigenvalue weighted by Crippen LogP contribution is 2.28. The predicted molar refractivity (Wildman–Crippen MR) is 111 cm³/mol. The molecule has 2 aromatic carbocycles. The fraction of sp³-hybridized carbons (Fsp3) is 0.200. The minimum Gasteiger partial charge on any atom is -0.453 e. The van der Waals surface area contributed by atoms with Gasteiger partial charge in [0.2, 0.25) is 0 Å². The van der Waals surface area contributed by atoms with Crippen molar-refractivity contribution in [3.8, 4) is 0 Å². The first-order valence-corrected chi connectivity index (χ1v) is 9.28. The quantitative estimate of drug-likeness (QED) is 0.608. The number of amides is 1. The summed E-state index contributed by atoms with van der Waals surface area (Å²) in [4.78, 5) is 19.2. The van der Waals surface area contributed by atoms with Gasteiger partial charge in [-0.15, -0.1) is 0 Å². The topological polar surface area (TPSA) is 66.5 Å². The lowest BCUT2D eigenvalue weighted by Gasteiger charge is -2.12. The number of carbonyl (C=O) groups is 1. The van der Waals surface area contributed by atoms with E-state index in [-0.39, 0.29) is 0 Å². The molecule has 1 amide bonds. The van der Waals surface area contributed by atoms with E-state index in [0.717, 1.165) is 33.7 Å². The van der Waals surface area contributed by atoms with Crippen LogP contribution in [0, 0.1) is 0 Å². The van der Waals surface area contributed by atoms with E-state index in [2.05, 4.69) is 37.9 Å². The third-order valence-electron chi connectivity index (χ3n) is 3.82. The number of benzene rings is 2. The molecule has 0 aliphatic heterocycles. The standard InChI is InChI=1S/C20H22N4O2S/c1-24(2)13-16-8-7-14-5-4-6-18(19(14)21-16)23-27-17-11-9-15(10-12-17)22-20(25)26-3/h4-12,23H,13H2,1-3H3,(H,22,25). The predicted octanol–water partition coefficient (Wildman–Crippen LogP) is 4.59. The Kier molecular flexibility index (Phi) is 6.16. The number of ether oxygens (including phenoxy) is 1. The van der Waals surface area contributed by atoms with Crippen molar-refractivity contribution < 1.29 is 9.53 Å². The second kappa shape index (κ2) is 8.75. The molecule has 1 aromatic heterocycles. The van der Waals surface area contributed by atoms with Crippen LogP contribution in [0.4, 0.5) is 16.2 Å². The molecule has 0 bridgehead atoms. The SMILES string of the molecule is COC(=O)Nc1ccc(SNc2cccc3ccc(CN(C)C)nc23)cc1. The van der Waals surface area contributed by atoms with Gasteiger partial charge in [-0.3, -0.25) is 5.32 Å². The van der Waals surface area contributed by atoms with Crippen molar-refractivity contribution in [1.82, 2.24) is 9.88 Å². The molecule has 0 aliphatic carbocycles. The maximum atomic E-state index is 11.2. The summed E-state index contributed by atoms with van der Waals surface area (Å²) in [7, 11) is 5.40. The highest BCUT2D eigenvalue weighted by Gasteiger charge is 2.06. The minimum absolute atomic E-state index is 0.483. The molecule has 0 aliphatic rings. The van der Waals surface area contributed by atoms with Crippen LogP contribution in [0.1, 0.15) is 5.69 Å². The molecule has 0 saturated carbocycles. The zero-order valence-electron chi connectivity index (χ0n) is 15.5. The van der Waals surface area contributed by atoms with Crippen LogP contribution in [0.5, 0.6) is 0 Å². The molecule has 3 rings (SSSR count). The van der Waals surface area contributed by atoms with Gasteiger partial charge in [0.05, 0.1) is 24.0 Å². The lowest BCUT2D eigenvalue weighted by molar-refractivity contribution is 0.187. The largest absolute Gasteiger partial charge is 0.453 e. The number of methoxy groups -OCH3 is 1. The number of nitrogens with one attached hydrogen (secondary N) is 2. The third kappa shape index (κ3) is 5.12. The van der Waals surface area contributed by atoms with Gasteiger partial charge in [-0.25, -0.2) is 9.78 Å². The van der Waals surface area contributed by atoms with Gasteiger partial charge in [-0.1, -0.05) is 18.2 Å². The molecular weight excluding hydrogens is 360 g/mol. The summed E-state index contributed by atoms with van der Waals surface area (Å²) in [6.07, 6.45) is -0.483. The Morgan fingerprint density at radius 1 is 1.11 bits per heavy atom. The number of aromatic nitrogens is 1. The summed E-state index contributed by atoms with van der Waals surface area (Å²) in [5, 5.41) is 3.73. The summed E-state index contributed by atoms with van der Waals surface area (Å²) in [6, 6.07) is 17.8. The van der Waals surface area contributed by atoms with E-state index in [1.165, 1.54) is 19.1 Å². The maximum absolute atomic E-state index is 11.2. The lowest BCUT2D eigenvalue weighted by Crippen LogP contribution is -2.11. The van der Waals surface area contributed by atoms with Gasteiger partial charge in [0.15, 0.2) is 0 Å². The fourth-order valence-corrected chi connectivity index (χ4v) is 3.24. The van der Waals surface area contributed by atoms with Crippen molar-refractivity contribution in [2.24, 2.45) is 0 Å². The summed E-state index contributed by atoms with van der Waals surface area (Å²) in [6.45, 7) is 0.798. The van der Waals surface area contributed by atoms with E-state index < -0.39 is 6.09 Å². The summed E-state index contributed by atoms with van der Waals surface area (Å²) < 4.78 is 7.97. The lowest BCUT2D eigenvalue weighted by atomic mass is 10.2. The zero-order valence-corrected chi connectivity index (χ0v) is 16.3. The van der Waals surface area contributed by atoms with Crippen LogP contribution in [0.3, 0.4) is 0 Å². The molecular formula is C20H22N4O2S. The first kappa shape index (κ1) is 19.0. The monoisotopic (exact) mass is 382 g/mol. The molecule has 1 heterocycles. The van der Waals surface area contributed by atoms with Crippen molar-refractivity contribution >= 4 is 40.3 Å². The summed E-state index contributed by atoms with van der Waals surface area (Å²) >= 11 is 1.50. The first-order valence-electron chi connectivity index (χ1n) is 8.46. The van der Waals surface area contributed by atoms with Crippen molar-refractivity contribution in [3.05, 3.63) is 60.3 Å². The summed E-state index contributed by atoms with van der Waals surface area (Å²) in [5.41, 5.74) is 3.64. The molecule has 7 heteroatoms. The Bertz CT molecular complexity index is 929. The molecule has 140 valence electrons. The van der Waals surface area contributed by atoms with Crippen LogP contribution in [-0.4, -0.2) is 37.2 Å². The minimum atomic E-state index is -0.483. The van der Waals surface area contributed by atoms with E-state index in [4.69, 9.17) is 4.98 Å². The molecule has 0 radical (unpaired) electrons. The molecule has 0 saturated heterocycles. The second-order valence-corrected chi connectivity index (χ2v) is 7.14. The molecule has 3 aromatic rings. The average Bonchev–Trinajstić information content (AvgIpc) is 2.67. The number of pyridine rings is 1. The van der Waals surface area contributed by atoms with Crippen LogP contribution >= 0.6 is 11.9 Å². The molecule has 6 nitrogen and oxygen atoms in total. The molecule has 0 fully saturated rings. The number of carbonyl (C=O) groups excluding carboxylic acids is 1. The smallest absolute Gasteiger partial charge is 0.411 e. The Balaban J connectivity index is 1.73. The van der Waals surface area contributed by atoms with Gasteiger partial charge in [0.25, 0.3) is 0 Å². The normalized spacial score (nSPS) is 10.8. The molecule has 0 atom stereocenters. The fourth-order valence-electron chi connectivity index (χ4n) is 2.57. The number of fused-ring (bicyclic) bond motifs is 1. The number of para-hydroxylation sites is 1. The molecule has 2 N–H and O–H groups in total. The number of hydrogen-bond acceptors (Lipinski definition) is 6. The van der Waals surface area contributed by atoms with Crippen molar-refractivity contribution in [1.29, 1.82) is 0 Å². The second-order valence-electron chi connectivity index (χ2n) is 6.26.